The second-order valence-corrected chi connectivity index (χ2v) is 4.73. The summed E-state index contributed by atoms with van der Waals surface area (Å²) in [5.41, 5.74) is 3.82. The highest BCUT2D eigenvalue weighted by atomic mass is 16.1. The van der Waals surface area contributed by atoms with E-state index in [1.54, 1.807) is 0 Å². The van der Waals surface area contributed by atoms with Gasteiger partial charge in [-0.05, 0) is 18.6 Å². The van der Waals surface area contributed by atoms with Crippen molar-refractivity contribution in [1.29, 1.82) is 0 Å². The summed E-state index contributed by atoms with van der Waals surface area (Å²) in [5.74, 6) is 0.522. The molecule has 5 nitrogen and oxygen atoms in total. The minimum absolute atomic E-state index is 0.113. The van der Waals surface area contributed by atoms with Crippen LogP contribution >= 0.6 is 0 Å². The summed E-state index contributed by atoms with van der Waals surface area (Å²) >= 11 is 0. The van der Waals surface area contributed by atoms with Crippen LogP contribution in [0.4, 0.5) is 5.82 Å². The van der Waals surface area contributed by atoms with Gasteiger partial charge in [0, 0.05) is 36.3 Å². The van der Waals surface area contributed by atoms with Crippen LogP contribution in [-0.2, 0) is 13.0 Å². The Balaban J connectivity index is 1.84. The molecular weight excluding hydrogens is 240 g/mol. The van der Waals surface area contributed by atoms with E-state index in [0.29, 0.717) is 11.4 Å². The minimum atomic E-state index is -0.113. The highest BCUT2D eigenvalue weighted by Crippen LogP contribution is 2.20. The van der Waals surface area contributed by atoms with Crippen molar-refractivity contribution in [3.05, 3.63) is 46.6 Å². The molecule has 0 atom stereocenters. The van der Waals surface area contributed by atoms with Gasteiger partial charge in [-0.2, -0.15) is 5.10 Å². The van der Waals surface area contributed by atoms with Crippen LogP contribution in [0.5, 0.6) is 0 Å². The van der Waals surface area contributed by atoms with Gasteiger partial charge in [0.05, 0.1) is 0 Å². The number of anilines is 1. The van der Waals surface area contributed by atoms with E-state index in [2.05, 4.69) is 20.8 Å². The number of hydrogen-bond donors (Lipinski definition) is 3. The summed E-state index contributed by atoms with van der Waals surface area (Å²) in [6.07, 6.45) is 0.919. The van der Waals surface area contributed by atoms with Crippen molar-refractivity contribution >= 4 is 11.7 Å². The molecule has 98 valence electrons. The Labute approximate surface area is 111 Å². The molecule has 1 aliphatic heterocycles. The van der Waals surface area contributed by atoms with Gasteiger partial charge in [0.15, 0.2) is 5.82 Å². The first-order chi connectivity index (χ1) is 9.25. The van der Waals surface area contributed by atoms with Crippen LogP contribution in [0.15, 0.2) is 24.3 Å². The molecule has 1 aromatic carbocycles. The third-order valence-electron chi connectivity index (χ3n) is 3.43. The monoisotopic (exact) mass is 256 g/mol. The number of aromatic nitrogens is 2. The SMILES string of the molecule is Cc1ccccc1C(=O)Nc1n[nH]c2c1CNCC2. The minimum Gasteiger partial charge on any atom is -0.312 e. The molecule has 0 unspecified atom stereocenters. The highest BCUT2D eigenvalue weighted by molar-refractivity contribution is 6.05. The highest BCUT2D eigenvalue weighted by Gasteiger charge is 2.18. The first-order valence-electron chi connectivity index (χ1n) is 6.39. The van der Waals surface area contributed by atoms with Crippen LogP contribution in [0.2, 0.25) is 0 Å². The van der Waals surface area contributed by atoms with E-state index in [-0.39, 0.29) is 5.91 Å². The van der Waals surface area contributed by atoms with Crippen LogP contribution in [0.1, 0.15) is 27.2 Å². The van der Waals surface area contributed by atoms with Crippen molar-refractivity contribution in [3.8, 4) is 0 Å². The summed E-state index contributed by atoms with van der Waals surface area (Å²) in [6.45, 7) is 3.62. The van der Waals surface area contributed by atoms with E-state index in [0.717, 1.165) is 36.3 Å². The summed E-state index contributed by atoms with van der Waals surface area (Å²) in [6, 6.07) is 7.54. The van der Waals surface area contributed by atoms with E-state index in [9.17, 15) is 4.79 Å². The number of nitrogens with one attached hydrogen (secondary N) is 3. The molecule has 2 heterocycles. The first-order valence-corrected chi connectivity index (χ1v) is 6.39. The molecule has 0 spiro atoms. The Kier molecular flexibility index (Phi) is 3.05. The van der Waals surface area contributed by atoms with Crippen LogP contribution in [-0.4, -0.2) is 22.6 Å². The summed E-state index contributed by atoms with van der Waals surface area (Å²) in [5, 5.41) is 13.4. The second-order valence-electron chi connectivity index (χ2n) is 4.73. The van der Waals surface area contributed by atoms with Gasteiger partial charge >= 0.3 is 0 Å². The van der Waals surface area contributed by atoms with E-state index >= 15 is 0 Å². The van der Waals surface area contributed by atoms with Gasteiger partial charge in [-0.15, -0.1) is 0 Å². The zero-order chi connectivity index (χ0) is 13.2. The van der Waals surface area contributed by atoms with Crippen LogP contribution < -0.4 is 10.6 Å². The lowest BCUT2D eigenvalue weighted by Crippen LogP contribution is -2.24. The molecule has 19 heavy (non-hydrogen) atoms. The molecule has 0 saturated heterocycles. The van der Waals surface area contributed by atoms with E-state index in [1.807, 2.05) is 31.2 Å². The number of fused-ring (bicyclic) bond motifs is 1. The molecule has 1 amide bonds. The van der Waals surface area contributed by atoms with Gasteiger partial charge in [-0.1, -0.05) is 18.2 Å². The number of carbonyl (C=O) groups excluding carboxylic acids is 1. The average molecular weight is 256 g/mol. The number of rotatable bonds is 2. The predicted octanol–water partition coefficient (Wildman–Crippen LogP) is 1.62. The zero-order valence-electron chi connectivity index (χ0n) is 10.8. The molecular formula is C14H16N4O. The summed E-state index contributed by atoms with van der Waals surface area (Å²) < 4.78 is 0. The smallest absolute Gasteiger partial charge is 0.257 e. The predicted molar refractivity (Wildman–Crippen MR) is 73.1 cm³/mol. The number of amides is 1. The van der Waals surface area contributed by atoms with E-state index in [4.69, 9.17) is 0 Å². The molecule has 2 aromatic rings. The normalized spacial score (nSPS) is 13.9. The Morgan fingerprint density at radius 1 is 1.37 bits per heavy atom. The fourth-order valence-electron chi connectivity index (χ4n) is 2.33. The molecule has 5 heteroatoms. The van der Waals surface area contributed by atoms with Crippen molar-refractivity contribution in [2.45, 2.75) is 19.9 Å². The number of aryl methyl sites for hydroxylation is 1. The van der Waals surface area contributed by atoms with E-state index in [1.165, 1.54) is 0 Å². The van der Waals surface area contributed by atoms with Crippen molar-refractivity contribution < 1.29 is 4.79 Å². The van der Waals surface area contributed by atoms with Gasteiger partial charge < -0.3 is 10.6 Å². The maximum absolute atomic E-state index is 12.2. The van der Waals surface area contributed by atoms with Crippen LogP contribution in [0.25, 0.3) is 0 Å². The lowest BCUT2D eigenvalue weighted by Gasteiger charge is -2.13. The van der Waals surface area contributed by atoms with Gasteiger partial charge in [0.2, 0.25) is 0 Å². The first kappa shape index (κ1) is 11.9. The Bertz CT molecular complexity index is 618. The Morgan fingerprint density at radius 3 is 3.05 bits per heavy atom. The lowest BCUT2D eigenvalue weighted by molar-refractivity contribution is 0.102. The largest absolute Gasteiger partial charge is 0.312 e. The molecule has 0 bridgehead atoms. The molecule has 1 aliphatic rings. The third kappa shape index (κ3) is 2.24. The van der Waals surface area contributed by atoms with Crippen molar-refractivity contribution in [2.75, 3.05) is 11.9 Å². The Morgan fingerprint density at radius 2 is 2.21 bits per heavy atom. The van der Waals surface area contributed by atoms with Crippen LogP contribution in [0.3, 0.4) is 0 Å². The lowest BCUT2D eigenvalue weighted by atomic mass is 10.1. The van der Waals surface area contributed by atoms with Gasteiger partial charge in [-0.3, -0.25) is 9.89 Å². The topological polar surface area (TPSA) is 69.8 Å². The van der Waals surface area contributed by atoms with Crippen molar-refractivity contribution in [2.24, 2.45) is 0 Å². The average Bonchev–Trinajstić information content (AvgIpc) is 2.83. The summed E-state index contributed by atoms with van der Waals surface area (Å²) in [4.78, 5) is 12.2. The van der Waals surface area contributed by atoms with Crippen molar-refractivity contribution in [3.63, 3.8) is 0 Å². The van der Waals surface area contributed by atoms with E-state index < -0.39 is 0 Å². The number of H-pyrrole nitrogens is 1. The second kappa shape index (κ2) is 4.85. The quantitative estimate of drug-likeness (QED) is 0.764. The number of nitrogens with zero attached hydrogens (tertiary/aromatic N) is 1. The summed E-state index contributed by atoms with van der Waals surface area (Å²) in [7, 11) is 0. The number of hydrogen-bond acceptors (Lipinski definition) is 3. The standard InChI is InChI=1S/C14H16N4O/c1-9-4-2-3-5-10(9)14(19)16-13-11-8-15-7-6-12(11)17-18-13/h2-5,15H,6-8H2,1H3,(H2,16,17,18,19). The van der Waals surface area contributed by atoms with Gasteiger partial charge in [-0.25, -0.2) is 0 Å². The molecule has 0 radical (unpaired) electrons. The molecule has 3 N–H and O–H groups in total. The van der Waals surface area contributed by atoms with Crippen LogP contribution in [0, 0.1) is 6.92 Å². The molecule has 3 rings (SSSR count). The van der Waals surface area contributed by atoms with Gasteiger partial charge in [0.1, 0.15) is 0 Å². The molecule has 0 saturated carbocycles. The van der Waals surface area contributed by atoms with Crippen molar-refractivity contribution in [1.82, 2.24) is 15.5 Å². The fraction of sp³-hybridized carbons (Fsp3) is 0.286. The maximum Gasteiger partial charge on any atom is 0.257 e. The molecule has 0 fully saturated rings. The van der Waals surface area contributed by atoms with Gasteiger partial charge in [0.25, 0.3) is 5.91 Å². The Hall–Kier alpha value is -2.14. The molecule has 0 aliphatic carbocycles. The molecule has 1 aromatic heterocycles. The number of benzene rings is 1. The third-order valence-corrected chi connectivity index (χ3v) is 3.43. The maximum atomic E-state index is 12.2. The number of aromatic amines is 1. The fourth-order valence-corrected chi connectivity index (χ4v) is 2.33. The zero-order valence-corrected chi connectivity index (χ0v) is 10.8. The number of carbonyl (C=O) groups is 1.